The lowest BCUT2D eigenvalue weighted by Crippen LogP contribution is -2.46. The van der Waals surface area contributed by atoms with Crippen LogP contribution in [-0.4, -0.2) is 36.5 Å². The monoisotopic (exact) mass is 403 g/mol. The maximum atomic E-state index is 12.7. The fraction of sp³-hybridized carbons (Fsp3) is 0.750. The van der Waals surface area contributed by atoms with Gasteiger partial charge in [-0.1, -0.05) is 6.08 Å². The van der Waals surface area contributed by atoms with Gasteiger partial charge in [0, 0.05) is 30.8 Å². The molecule has 0 bridgehead atoms. The Labute approximate surface area is 139 Å². The van der Waals surface area contributed by atoms with Crippen molar-refractivity contribution in [2.24, 2.45) is 17.3 Å². The number of carbonyl (C=O) groups excluding carboxylic acids is 2. The van der Waals surface area contributed by atoms with E-state index in [1.807, 2.05) is 11.8 Å². The van der Waals surface area contributed by atoms with Crippen molar-refractivity contribution in [2.75, 3.05) is 19.7 Å². The van der Waals surface area contributed by atoms with E-state index < -0.39 is 0 Å². The van der Waals surface area contributed by atoms with E-state index >= 15 is 0 Å². The molecule has 4 nitrogen and oxygen atoms in total. The maximum Gasteiger partial charge on any atom is 0.409 e. The Morgan fingerprint density at radius 3 is 3.14 bits per heavy atom. The van der Waals surface area contributed by atoms with Crippen molar-refractivity contribution in [2.45, 2.75) is 39.0 Å². The van der Waals surface area contributed by atoms with Crippen LogP contribution in [0.1, 0.15) is 39.0 Å². The minimum atomic E-state index is -0.221. The average Bonchev–Trinajstić information content (AvgIpc) is 2.69. The summed E-state index contributed by atoms with van der Waals surface area (Å²) in [6.07, 6.45) is 6.50. The normalized spacial score (nSPS) is 35.6. The lowest BCUT2D eigenvalue weighted by molar-refractivity contribution is -0.130. The van der Waals surface area contributed by atoms with Crippen LogP contribution in [-0.2, 0) is 9.53 Å². The molecule has 3 aliphatic rings. The van der Waals surface area contributed by atoms with Gasteiger partial charge >= 0.3 is 6.09 Å². The number of nitrogens with zero attached hydrogens (tertiary/aromatic N) is 1. The second-order valence-electron chi connectivity index (χ2n) is 6.32. The summed E-state index contributed by atoms with van der Waals surface area (Å²) in [7, 11) is 0. The number of rotatable bonds is 1. The Bertz CT molecular complexity index is 490. The van der Waals surface area contributed by atoms with Crippen molar-refractivity contribution in [3.63, 3.8) is 0 Å². The Morgan fingerprint density at radius 2 is 2.38 bits per heavy atom. The molecule has 3 atom stereocenters. The fourth-order valence-corrected chi connectivity index (χ4v) is 5.64. The molecule has 116 valence electrons. The van der Waals surface area contributed by atoms with Crippen molar-refractivity contribution in [3.8, 4) is 0 Å². The zero-order chi connectivity index (χ0) is 15.0. The zero-order valence-corrected chi connectivity index (χ0v) is 14.6. The van der Waals surface area contributed by atoms with Crippen LogP contribution < -0.4 is 0 Å². The predicted octanol–water partition coefficient (Wildman–Crippen LogP) is 3.54. The molecule has 0 aromatic rings. The third-order valence-electron chi connectivity index (χ3n) is 5.45. The highest BCUT2D eigenvalue weighted by atomic mass is 127. The van der Waals surface area contributed by atoms with Gasteiger partial charge in [-0.15, -0.1) is 0 Å². The van der Waals surface area contributed by atoms with E-state index in [9.17, 15) is 9.59 Å². The smallest absolute Gasteiger partial charge is 0.409 e. The number of ketones is 1. The molecule has 0 aromatic carbocycles. The summed E-state index contributed by atoms with van der Waals surface area (Å²) >= 11 is 2.42. The number of hydrogen-bond donors (Lipinski definition) is 0. The first-order valence-corrected chi connectivity index (χ1v) is 8.98. The minimum Gasteiger partial charge on any atom is -0.450 e. The summed E-state index contributed by atoms with van der Waals surface area (Å²) < 4.78 is 6.52. The van der Waals surface area contributed by atoms with Gasteiger partial charge in [-0.3, -0.25) is 4.79 Å². The predicted molar refractivity (Wildman–Crippen MR) is 88.2 cm³/mol. The number of likely N-dealkylation sites (tertiary alicyclic amines) is 1. The molecule has 2 aliphatic carbocycles. The number of ether oxygens (including phenoxy) is 1. The van der Waals surface area contributed by atoms with Crippen molar-refractivity contribution in [3.05, 3.63) is 9.66 Å². The summed E-state index contributed by atoms with van der Waals surface area (Å²) in [4.78, 5) is 26.6. The molecule has 0 radical (unpaired) electrons. The molecule has 3 rings (SSSR count). The van der Waals surface area contributed by atoms with Crippen LogP contribution in [0.3, 0.4) is 0 Å². The first-order valence-electron chi connectivity index (χ1n) is 7.90. The lowest BCUT2D eigenvalue weighted by atomic mass is 9.62. The Kier molecular flexibility index (Phi) is 4.30. The van der Waals surface area contributed by atoms with E-state index in [0.717, 1.165) is 25.7 Å². The second kappa shape index (κ2) is 5.89. The number of amides is 1. The molecule has 1 saturated carbocycles. The highest BCUT2D eigenvalue weighted by molar-refractivity contribution is 14.1. The fourth-order valence-electron chi connectivity index (χ4n) is 4.52. The highest BCUT2D eigenvalue weighted by Crippen LogP contribution is 2.58. The zero-order valence-electron chi connectivity index (χ0n) is 12.4. The molecular weight excluding hydrogens is 381 g/mol. The molecule has 1 spiro atoms. The Hall–Kier alpha value is -0.590. The third-order valence-corrected chi connectivity index (χ3v) is 6.64. The van der Waals surface area contributed by atoms with Crippen LogP contribution in [0, 0.1) is 17.3 Å². The number of carbonyl (C=O) groups is 2. The molecule has 1 saturated heterocycles. The minimum absolute atomic E-state index is 0.202. The van der Waals surface area contributed by atoms with E-state index in [1.165, 1.54) is 3.58 Å². The van der Waals surface area contributed by atoms with Gasteiger partial charge in [0.2, 0.25) is 0 Å². The van der Waals surface area contributed by atoms with Crippen molar-refractivity contribution in [1.82, 2.24) is 4.90 Å². The van der Waals surface area contributed by atoms with Gasteiger partial charge in [0.05, 0.1) is 6.61 Å². The molecule has 21 heavy (non-hydrogen) atoms. The lowest BCUT2D eigenvalue weighted by Gasteiger charge is -2.43. The first-order chi connectivity index (χ1) is 10.1. The molecule has 1 aliphatic heterocycles. The van der Waals surface area contributed by atoms with Crippen molar-refractivity contribution >= 4 is 34.5 Å². The third kappa shape index (κ3) is 2.41. The van der Waals surface area contributed by atoms with Crippen LogP contribution >= 0.6 is 22.6 Å². The number of hydrogen-bond acceptors (Lipinski definition) is 3. The summed E-state index contributed by atoms with van der Waals surface area (Å²) in [5.41, 5.74) is -0.202. The van der Waals surface area contributed by atoms with Gasteiger partial charge < -0.3 is 9.64 Å². The van der Waals surface area contributed by atoms with E-state index in [0.29, 0.717) is 37.8 Å². The highest BCUT2D eigenvalue weighted by Gasteiger charge is 2.57. The summed E-state index contributed by atoms with van der Waals surface area (Å²) in [5.74, 6) is 1.10. The quantitative estimate of drug-likeness (QED) is 0.630. The molecule has 3 unspecified atom stereocenters. The van der Waals surface area contributed by atoms with Crippen molar-refractivity contribution < 1.29 is 14.3 Å². The van der Waals surface area contributed by atoms with Gasteiger partial charge in [-0.2, -0.15) is 0 Å². The summed E-state index contributed by atoms with van der Waals surface area (Å²) in [5, 5.41) is 0. The molecule has 0 aromatic heterocycles. The van der Waals surface area contributed by atoms with Gasteiger partial charge in [0.1, 0.15) is 5.78 Å². The summed E-state index contributed by atoms with van der Waals surface area (Å²) in [6, 6.07) is 0. The average molecular weight is 403 g/mol. The van der Waals surface area contributed by atoms with E-state index in [-0.39, 0.29) is 17.4 Å². The van der Waals surface area contributed by atoms with Crippen LogP contribution in [0.5, 0.6) is 0 Å². The van der Waals surface area contributed by atoms with E-state index in [2.05, 4.69) is 28.7 Å². The van der Waals surface area contributed by atoms with Crippen LogP contribution in [0.25, 0.3) is 0 Å². The molecule has 2 fully saturated rings. The van der Waals surface area contributed by atoms with Gasteiger partial charge in [-0.25, -0.2) is 4.79 Å². The number of allylic oxidation sites excluding steroid dienone is 2. The van der Waals surface area contributed by atoms with E-state index in [4.69, 9.17) is 4.74 Å². The maximum absolute atomic E-state index is 12.7. The largest absolute Gasteiger partial charge is 0.450 e. The van der Waals surface area contributed by atoms with Gasteiger partial charge in [-0.05, 0) is 64.7 Å². The van der Waals surface area contributed by atoms with Crippen LogP contribution in [0.4, 0.5) is 4.79 Å². The molecule has 0 N–H and O–H groups in total. The topological polar surface area (TPSA) is 46.6 Å². The molecule has 1 heterocycles. The van der Waals surface area contributed by atoms with Gasteiger partial charge in [0.25, 0.3) is 0 Å². The SMILES string of the molecule is CCOC(=O)N1CCCC23C(=O)CCC2C(I)=CCC3C1. The number of halogens is 1. The summed E-state index contributed by atoms with van der Waals surface area (Å²) in [6.45, 7) is 3.62. The van der Waals surface area contributed by atoms with E-state index in [1.54, 1.807) is 0 Å². The molecule has 1 amide bonds. The molecule has 5 heteroatoms. The van der Waals surface area contributed by atoms with Crippen molar-refractivity contribution in [1.29, 1.82) is 0 Å². The Morgan fingerprint density at radius 1 is 1.57 bits per heavy atom. The Balaban J connectivity index is 1.89. The second-order valence-corrected chi connectivity index (χ2v) is 7.57. The van der Waals surface area contributed by atoms with Crippen LogP contribution in [0.15, 0.2) is 9.66 Å². The van der Waals surface area contributed by atoms with Gasteiger partial charge in [0.15, 0.2) is 0 Å². The first kappa shape index (κ1) is 15.3. The molecular formula is C16H22INO3. The van der Waals surface area contributed by atoms with Crippen LogP contribution in [0.2, 0.25) is 0 Å². The number of Topliss-reactive ketones (excluding diaryl/α,β-unsaturated/α-hetero) is 1. The standard InChI is InChI=1S/C16H22INO3/c1-2-21-15(20)18-9-3-8-16-11(10-18)4-6-13(17)12(16)5-7-14(16)19/h6,11-12H,2-5,7-10H2,1H3.